The van der Waals surface area contributed by atoms with E-state index >= 15 is 0 Å². The number of aliphatic hydroxyl groups excluding tert-OH is 1. The zero-order valence-corrected chi connectivity index (χ0v) is 16.0. The van der Waals surface area contributed by atoms with Gasteiger partial charge in [0.25, 0.3) is 17.8 Å². The van der Waals surface area contributed by atoms with Crippen LogP contribution in [-0.4, -0.2) is 102 Å². The van der Waals surface area contributed by atoms with Crippen molar-refractivity contribution in [2.45, 2.75) is 32.0 Å². The predicted molar refractivity (Wildman–Crippen MR) is 95.6 cm³/mol. The number of imide groups is 1. The first-order valence-corrected chi connectivity index (χ1v) is 7.94. The van der Waals surface area contributed by atoms with Crippen LogP contribution in [0.15, 0.2) is 4.99 Å². The lowest BCUT2D eigenvalue weighted by Gasteiger charge is -2.31. The molecule has 2 aliphatic heterocycles. The fourth-order valence-electron chi connectivity index (χ4n) is 2.77. The van der Waals surface area contributed by atoms with E-state index in [0.29, 0.717) is 18.2 Å². The van der Waals surface area contributed by atoms with Crippen molar-refractivity contribution < 1.29 is 24.0 Å². The first-order valence-electron chi connectivity index (χ1n) is 7.94. The second-order valence-corrected chi connectivity index (χ2v) is 6.33. The van der Waals surface area contributed by atoms with Gasteiger partial charge in [-0.1, -0.05) is 13.8 Å². The van der Waals surface area contributed by atoms with Gasteiger partial charge >= 0.3 is 11.9 Å². The fourth-order valence-corrected chi connectivity index (χ4v) is 2.77. The molecule has 0 saturated carbocycles. The first-order chi connectivity index (χ1) is 11.3. The lowest BCUT2D eigenvalue weighted by molar-refractivity contribution is -0.544. The highest BCUT2D eigenvalue weighted by molar-refractivity contribution is 6.22. The summed E-state index contributed by atoms with van der Waals surface area (Å²) in [5.74, 6) is 0.551. The van der Waals surface area contributed by atoms with Crippen LogP contribution >= 0.6 is 12.4 Å². The number of ether oxygens (including phenoxy) is 1. The van der Waals surface area contributed by atoms with Gasteiger partial charge in [0.05, 0.1) is 0 Å². The molecule has 25 heavy (non-hydrogen) atoms. The number of hydrogen-bond donors (Lipinski definition) is 2. The van der Waals surface area contributed by atoms with Crippen LogP contribution in [0, 0.1) is 0 Å². The number of rotatable bonds is 7. The van der Waals surface area contributed by atoms with Crippen molar-refractivity contribution in [3.63, 3.8) is 0 Å². The van der Waals surface area contributed by atoms with Gasteiger partial charge in [0, 0.05) is 33.8 Å². The Hall–Kier alpha value is -1.55. The molecule has 2 heterocycles. The van der Waals surface area contributed by atoms with Crippen LogP contribution in [0.4, 0.5) is 4.79 Å². The molecular weight excluding hydrogens is 350 g/mol. The smallest absolute Gasteiger partial charge is 0.333 e. The molecular formula is C15H27ClN5O4+. The number of amides is 3. The molecule has 0 aromatic rings. The molecule has 1 saturated heterocycles. The average molecular weight is 377 g/mol. The van der Waals surface area contributed by atoms with Crippen molar-refractivity contribution in [3.8, 4) is 0 Å². The maximum atomic E-state index is 12.6. The Balaban J connectivity index is 0.00000312. The number of nitrogens with zero attached hydrogens (tertiary/aromatic N) is 4. The number of likely N-dealkylation sites (N-methyl/N-ethyl adjacent to an activating group) is 2. The quantitative estimate of drug-likeness (QED) is 0.563. The van der Waals surface area contributed by atoms with E-state index in [4.69, 9.17) is 4.74 Å². The monoisotopic (exact) mass is 376 g/mol. The number of hydrogen-bond acceptors (Lipinski definition) is 6. The van der Waals surface area contributed by atoms with Crippen LogP contribution in [0.2, 0.25) is 0 Å². The van der Waals surface area contributed by atoms with E-state index in [-0.39, 0.29) is 37.5 Å². The van der Waals surface area contributed by atoms with Crippen LogP contribution < -0.4 is 5.32 Å². The summed E-state index contributed by atoms with van der Waals surface area (Å²) in [6, 6.07) is -0.883. The van der Waals surface area contributed by atoms with Crippen molar-refractivity contribution in [3.05, 3.63) is 0 Å². The Labute approximate surface area is 153 Å². The predicted octanol–water partition coefficient (Wildman–Crippen LogP) is -0.871. The molecule has 0 aliphatic carbocycles. The summed E-state index contributed by atoms with van der Waals surface area (Å²) in [5, 5.41) is 13.4. The number of β-amino-alcohol motifs (C(OH)–C–C–N with tert-alkyl or cyclic N) is 1. The minimum absolute atomic E-state index is 0. The number of aliphatic imine (C=N–C) groups is 1. The first kappa shape index (κ1) is 21.5. The minimum atomic E-state index is -0.712. The zero-order valence-electron chi connectivity index (χ0n) is 15.2. The molecule has 3 amide bonds. The minimum Gasteiger partial charge on any atom is -0.388 e. The van der Waals surface area contributed by atoms with Gasteiger partial charge in [-0.2, -0.15) is 0 Å². The van der Waals surface area contributed by atoms with E-state index in [1.165, 1.54) is 19.1 Å². The number of halogens is 1. The zero-order chi connectivity index (χ0) is 18.0. The standard InChI is InChI=1S/C15H26N5O4.ClH/c1-9(2)16-6-10(21)7-20-11(8-24-5)17-13-12(20)14(22)19(4)15(23)18(13)3;/h9-10,12,16,21H,6-8H2,1-5H3;1H/q+1;. The highest BCUT2D eigenvalue weighted by Crippen LogP contribution is 2.19. The van der Waals surface area contributed by atoms with Crippen LogP contribution in [0.25, 0.3) is 0 Å². The number of urea groups is 1. The maximum absolute atomic E-state index is 12.6. The largest absolute Gasteiger partial charge is 0.388 e. The molecule has 0 spiro atoms. The number of amidine groups is 2. The van der Waals surface area contributed by atoms with Gasteiger partial charge in [0.15, 0.2) is 6.61 Å². The van der Waals surface area contributed by atoms with Gasteiger partial charge in [-0.05, 0) is 4.99 Å². The van der Waals surface area contributed by atoms with Gasteiger partial charge in [-0.15, -0.1) is 12.4 Å². The van der Waals surface area contributed by atoms with Crippen LogP contribution in [0.1, 0.15) is 13.8 Å². The number of aliphatic hydroxyl groups is 1. The SMILES string of the molecule is COCC1=[N+](CC(O)CNC(C)C)C2C(=O)N(C)C(=O)N(C)C2=N1.Cl. The number of carbonyl (C=O) groups excluding carboxylic acids is 2. The second kappa shape index (κ2) is 8.70. The summed E-state index contributed by atoms with van der Waals surface area (Å²) in [6.07, 6.45) is -0.685. The summed E-state index contributed by atoms with van der Waals surface area (Å²) >= 11 is 0. The summed E-state index contributed by atoms with van der Waals surface area (Å²) in [4.78, 5) is 31.5. The van der Waals surface area contributed by atoms with Gasteiger partial charge in [-0.25, -0.2) is 9.37 Å². The Kier molecular flexibility index (Phi) is 7.48. The van der Waals surface area contributed by atoms with Crippen molar-refractivity contribution in [1.82, 2.24) is 15.1 Å². The fraction of sp³-hybridized carbons (Fsp3) is 0.733. The van der Waals surface area contributed by atoms with Gasteiger partial charge in [0.1, 0.15) is 12.6 Å². The maximum Gasteiger partial charge on any atom is 0.333 e. The Morgan fingerprint density at radius 3 is 2.52 bits per heavy atom. The Morgan fingerprint density at radius 2 is 1.96 bits per heavy atom. The Morgan fingerprint density at radius 1 is 1.32 bits per heavy atom. The number of methoxy groups -OCH3 is 1. The third-order valence-electron chi connectivity index (χ3n) is 4.06. The molecule has 142 valence electrons. The normalized spacial score (nSPS) is 21.6. The van der Waals surface area contributed by atoms with Crippen molar-refractivity contribution >= 4 is 36.0 Å². The molecule has 0 aromatic heterocycles. The molecule has 0 aromatic carbocycles. The van der Waals surface area contributed by atoms with Gasteiger partial charge in [0.2, 0.25) is 0 Å². The van der Waals surface area contributed by atoms with Crippen molar-refractivity contribution in [2.24, 2.45) is 4.99 Å². The molecule has 2 rings (SSSR count). The van der Waals surface area contributed by atoms with Gasteiger partial charge in [-0.3, -0.25) is 14.6 Å². The lowest BCUT2D eigenvalue weighted by Crippen LogP contribution is -2.62. The highest BCUT2D eigenvalue weighted by atomic mass is 35.5. The van der Waals surface area contributed by atoms with Crippen molar-refractivity contribution in [2.75, 3.05) is 40.9 Å². The molecule has 2 aliphatic rings. The molecule has 0 bridgehead atoms. The van der Waals surface area contributed by atoms with Gasteiger partial charge < -0.3 is 15.2 Å². The van der Waals surface area contributed by atoms with E-state index < -0.39 is 18.2 Å². The topological polar surface area (TPSA) is 97.5 Å². The third-order valence-corrected chi connectivity index (χ3v) is 4.06. The molecule has 10 heteroatoms. The van der Waals surface area contributed by atoms with E-state index in [9.17, 15) is 14.7 Å². The van der Waals surface area contributed by atoms with Crippen LogP contribution in [-0.2, 0) is 9.53 Å². The average Bonchev–Trinajstić information content (AvgIpc) is 2.88. The number of nitrogens with one attached hydrogen (secondary N) is 1. The van der Waals surface area contributed by atoms with Crippen molar-refractivity contribution in [1.29, 1.82) is 0 Å². The molecule has 2 unspecified atom stereocenters. The van der Waals surface area contributed by atoms with E-state index in [1.54, 1.807) is 11.6 Å². The van der Waals surface area contributed by atoms with Crippen LogP contribution in [0.5, 0.6) is 0 Å². The molecule has 9 nitrogen and oxygen atoms in total. The lowest BCUT2D eigenvalue weighted by atomic mass is 10.1. The molecule has 0 radical (unpaired) electrons. The number of fused-ring (bicyclic) bond motifs is 1. The summed E-state index contributed by atoms with van der Waals surface area (Å²) in [5.41, 5.74) is 0. The molecule has 1 fully saturated rings. The second-order valence-electron chi connectivity index (χ2n) is 6.33. The highest BCUT2D eigenvalue weighted by Gasteiger charge is 2.53. The molecule has 2 atom stereocenters. The Bertz CT molecular complexity index is 592. The van der Waals surface area contributed by atoms with E-state index in [2.05, 4.69) is 10.3 Å². The van der Waals surface area contributed by atoms with E-state index in [0.717, 1.165) is 4.90 Å². The summed E-state index contributed by atoms with van der Waals surface area (Å²) in [6.45, 7) is 4.80. The summed E-state index contributed by atoms with van der Waals surface area (Å²) in [7, 11) is 4.57. The molecule has 2 N–H and O–H groups in total. The third kappa shape index (κ3) is 4.35. The number of carbonyl (C=O) groups is 2. The summed E-state index contributed by atoms with van der Waals surface area (Å²) < 4.78 is 6.87. The van der Waals surface area contributed by atoms with Crippen LogP contribution in [0.3, 0.4) is 0 Å². The van der Waals surface area contributed by atoms with E-state index in [1.807, 2.05) is 13.8 Å².